The molecule has 2 aromatic carbocycles. The molecule has 1 atom stereocenters. The zero-order valence-corrected chi connectivity index (χ0v) is 14.4. The van der Waals surface area contributed by atoms with Gasteiger partial charge in [-0.2, -0.15) is 4.98 Å². The molecular formula is C20H18FN3O2. The molecule has 132 valence electrons. The second-order valence-corrected chi connectivity index (χ2v) is 6.39. The number of hydrogen-bond donors (Lipinski definition) is 0. The molecule has 0 spiro atoms. The third kappa shape index (κ3) is 3.10. The van der Waals surface area contributed by atoms with Gasteiger partial charge in [0.2, 0.25) is 5.91 Å². The van der Waals surface area contributed by atoms with Crippen molar-refractivity contribution in [2.75, 3.05) is 11.4 Å². The minimum Gasteiger partial charge on any atom is -0.334 e. The Kier molecular flexibility index (Phi) is 4.24. The molecule has 1 unspecified atom stereocenters. The van der Waals surface area contributed by atoms with Gasteiger partial charge in [0.1, 0.15) is 5.82 Å². The van der Waals surface area contributed by atoms with E-state index in [1.807, 2.05) is 24.3 Å². The summed E-state index contributed by atoms with van der Waals surface area (Å²) < 4.78 is 18.5. The largest absolute Gasteiger partial charge is 0.334 e. The summed E-state index contributed by atoms with van der Waals surface area (Å²) in [5, 5.41) is 4.07. The third-order valence-corrected chi connectivity index (χ3v) is 4.68. The lowest BCUT2D eigenvalue weighted by atomic mass is 10.1. The maximum Gasteiger partial charge on any atom is 0.257 e. The topological polar surface area (TPSA) is 59.2 Å². The van der Waals surface area contributed by atoms with Crippen molar-refractivity contribution in [2.24, 2.45) is 0 Å². The Balaban J connectivity index is 1.52. The van der Waals surface area contributed by atoms with Gasteiger partial charge >= 0.3 is 0 Å². The number of carbonyl (C=O) groups excluding carboxylic acids is 1. The smallest absolute Gasteiger partial charge is 0.257 e. The molecule has 1 aliphatic rings. The van der Waals surface area contributed by atoms with Crippen LogP contribution in [0, 0.1) is 5.82 Å². The number of rotatable bonds is 4. The summed E-state index contributed by atoms with van der Waals surface area (Å²) >= 11 is 0. The van der Waals surface area contributed by atoms with E-state index in [0.29, 0.717) is 30.4 Å². The van der Waals surface area contributed by atoms with Gasteiger partial charge in [-0.05, 0) is 48.4 Å². The quantitative estimate of drug-likeness (QED) is 0.714. The molecule has 1 aromatic heterocycles. The van der Waals surface area contributed by atoms with Gasteiger partial charge in [-0.3, -0.25) is 4.79 Å². The first-order valence-corrected chi connectivity index (χ1v) is 8.63. The Morgan fingerprint density at radius 2 is 1.88 bits per heavy atom. The average molecular weight is 351 g/mol. The Morgan fingerprint density at radius 3 is 2.58 bits per heavy atom. The Morgan fingerprint density at radius 1 is 1.15 bits per heavy atom. The summed E-state index contributed by atoms with van der Waals surface area (Å²) in [6.07, 6.45) is 1.28. The Hall–Kier alpha value is -3.02. The molecule has 0 saturated carbocycles. The van der Waals surface area contributed by atoms with E-state index in [0.717, 1.165) is 12.0 Å². The molecule has 1 fully saturated rings. The SMILES string of the molecule is CCc1ccc(-c2nc(C3CC(=O)N(c4ccc(F)cc4)C3)no2)cc1. The summed E-state index contributed by atoms with van der Waals surface area (Å²) in [6, 6.07) is 13.9. The number of hydrogen-bond acceptors (Lipinski definition) is 4. The van der Waals surface area contributed by atoms with Crippen LogP contribution in [0.25, 0.3) is 11.5 Å². The van der Waals surface area contributed by atoms with Crippen molar-refractivity contribution in [2.45, 2.75) is 25.7 Å². The van der Waals surface area contributed by atoms with Crippen LogP contribution in [0.3, 0.4) is 0 Å². The van der Waals surface area contributed by atoms with Gasteiger partial charge in [-0.15, -0.1) is 0 Å². The normalized spacial score (nSPS) is 17.1. The number of carbonyl (C=O) groups is 1. The van der Waals surface area contributed by atoms with Crippen LogP contribution in [0.15, 0.2) is 53.1 Å². The van der Waals surface area contributed by atoms with E-state index in [4.69, 9.17) is 4.52 Å². The van der Waals surface area contributed by atoms with E-state index < -0.39 is 0 Å². The highest BCUT2D eigenvalue weighted by atomic mass is 19.1. The Bertz CT molecular complexity index is 919. The molecule has 26 heavy (non-hydrogen) atoms. The van der Waals surface area contributed by atoms with Crippen LogP contribution in [0.4, 0.5) is 10.1 Å². The van der Waals surface area contributed by atoms with Crippen molar-refractivity contribution in [3.63, 3.8) is 0 Å². The van der Waals surface area contributed by atoms with E-state index in [1.54, 1.807) is 17.0 Å². The summed E-state index contributed by atoms with van der Waals surface area (Å²) in [5.41, 5.74) is 2.78. The molecular weight excluding hydrogens is 333 g/mol. The lowest BCUT2D eigenvalue weighted by Gasteiger charge is -2.15. The fraction of sp³-hybridized carbons (Fsp3) is 0.250. The number of aromatic nitrogens is 2. The molecule has 1 aliphatic heterocycles. The summed E-state index contributed by atoms with van der Waals surface area (Å²) in [7, 11) is 0. The minimum absolute atomic E-state index is 0.0275. The van der Waals surface area contributed by atoms with Crippen LogP contribution in [-0.2, 0) is 11.2 Å². The van der Waals surface area contributed by atoms with Gasteiger partial charge in [0.25, 0.3) is 5.89 Å². The zero-order chi connectivity index (χ0) is 18.1. The average Bonchev–Trinajstić information content (AvgIpc) is 3.29. The third-order valence-electron chi connectivity index (χ3n) is 4.68. The van der Waals surface area contributed by atoms with Crippen LogP contribution >= 0.6 is 0 Å². The van der Waals surface area contributed by atoms with E-state index in [-0.39, 0.29) is 17.6 Å². The molecule has 0 aliphatic carbocycles. The number of anilines is 1. The summed E-state index contributed by atoms with van der Waals surface area (Å²) in [6.45, 7) is 2.56. The van der Waals surface area contributed by atoms with Crippen molar-refractivity contribution in [3.05, 3.63) is 65.7 Å². The molecule has 3 aromatic rings. The Labute approximate surface area is 150 Å². The van der Waals surface area contributed by atoms with Gasteiger partial charge in [0, 0.05) is 30.1 Å². The molecule has 1 saturated heterocycles. The standard InChI is InChI=1S/C20H18FN3O2/c1-2-13-3-5-14(6-4-13)20-22-19(23-26-20)15-11-18(25)24(12-15)17-9-7-16(21)8-10-17/h3-10,15H,2,11-12H2,1H3. The van der Waals surface area contributed by atoms with Crippen LogP contribution in [0.2, 0.25) is 0 Å². The van der Waals surface area contributed by atoms with Crippen molar-refractivity contribution >= 4 is 11.6 Å². The van der Waals surface area contributed by atoms with Crippen molar-refractivity contribution in [1.29, 1.82) is 0 Å². The predicted molar refractivity (Wildman–Crippen MR) is 95.2 cm³/mol. The molecule has 0 N–H and O–H groups in total. The van der Waals surface area contributed by atoms with Gasteiger partial charge in [-0.25, -0.2) is 4.39 Å². The lowest BCUT2D eigenvalue weighted by molar-refractivity contribution is -0.117. The van der Waals surface area contributed by atoms with Crippen molar-refractivity contribution < 1.29 is 13.7 Å². The summed E-state index contributed by atoms with van der Waals surface area (Å²) in [5.74, 6) is 0.488. The highest BCUT2D eigenvalue weighted by Gasteiger charge is 2.34. The molecule has 4 rings (SSSR count). The molecule has 6 heteroatoms. The molecule has 0 bridgehead atoms. The molecule has 0 radical (unpaired) electrons. The van der Waals surface area contributed by atoms with Crippen LogP contribution < -0.4 is 4.90 Å². The van der Waals surface area contributed by atoms with Gasteiger partial charge in [-0.1, -0.05) is 24.2 Å². The first-order valence-electron chi connectivity index (χ1n) is 8.63. The van der Waals surface area contributed by atoms with Crippen LogP contribution in [-0.4, -0.2) is 22.6 Å². The van der Waals surface area contributed by atoms with Crippen LogP contribution in [0.5, 0.6) is 0 Å². The fourth-order valence-corrected chi connectivity index (χ4v) is 3.15. The highest BCUT2D eigenvalue weighted by molar-refractivity contribution is 5.96. The lowest BCUT2D eigenvalue weighted by Crippen LogP contribution is -2.24. The number of benzene rings is 2. The fourth-order valence-electron chi connectivity index (χ4n) is 3.15. The number of aryl methyl sites for hydroxylation is 1. The second-order valence-electron chi connectivity index (χ2n) is 6.39. The molecule has 2 heterocycles. The minimum atomic E-state index is -0.325. The molecule has 1 amide bonds. The predicted octanol–water partition coefficient (Wildman–Crippen LogP) is 3.96. The number of halogens is 1. The first kappa shape index (κ1) is 16.4. The van der Waals surface area contributed by atoms with E-state index in [9.17, 15) is 9.18 Å². The van der Waals surface area contributed by atoms with Crippen molar-refractivity contribution in [3.8, 4) is 11.5 Å². The van der Waals surface area contributed by atoms with Gasteiger partial charge in [0.05, 0.1) is 0 Å². The zero-order valence-electron chi connectivity index (χ0n) is 14.4. The highest BCUT2D eigenvalue weighted by Crippen LogP contribution is 2.31. The van der Waals surface area contributed by atoms with Gasteiger partial charge in [0.15, 0.2) is 5.82 Å². The monoisotopic (exact) mass is 351 g/mol. The summed E-state index contributed by atoms with van der Waals surface area (Å²) in [4.78, 5) is 18.4. The number of amides is 1. The van der Waals surface area contributed by atoms with Crippen LogP contribution in [0.1, 0.15) is 30.7 Å². The maximum atomic E-state index is 13.1. The van der Waals surface area contributed by atoms with E-state index in [2.05, 4.69) is 17.1 Å². The van der Waals surface area contributed by atoms with Crippen molar-refractivity contribution in [1.82, 2.24) is 10.1 Å². The van der Waals surface area contributed by atoms with E-state index >= 15 is 0 Å². The maximum absolute atomic E-state index is 13.1. The number of nitrogens with zero attached hydrogens (tertiary/aromatic N) is 3. The first-order chi connectivity index (χ1) is 12.6. The molecule has 5 nitrogen and oxygen atoms in total. The van der Waals surface area contributed by atoms with E-state index in [1.165, 1.54) is 17.7 Å². The van der Waals surface area contributed by atoms with Gasteiger partial charge < -0.3 is 9.42 Å². The second kappa shape index (κ2) is 6.71.